The Morgan fingerprint density at radius 2 is 2.18 bits per heavy atom. The molecule has 0 saturated heterocycles. The van der Waals surface area contributed by atoms with Crippen LogP contribution in [0.25, 0.3) is 5.57 Å². The minimum absolute atomic E-state index is 0.0587. The summed E-state index contributed by atoms with van der Waals surface area (Å²) in [6.07, 6.45) is 1.81. The maximum Gasteiger partial charge on any atom is 0.133 e. The molecule has 0 fully saturated rings. The number of aliphatic hydroxyl groups excluding tert-OH is 1. The fourth-order valence-electron chi connectivity index (χ4n) is 1.98. The molecule has 0 aliphatic carbocycles. The first-order chi connectivity index (χ1) is 8.11. The van der Waals surface area contributed by atoms with Crippen molar-refractivity contribution in [2.75, 3.05) is 6.61 Å². The number of benzene rings is 1. The van der Waals surface area contributed by atoms with Crippen LogP contribution in [-0.4, -0.2) is 17.8 Å². The largest absolute Gasteiger partial charge is 0.495 e. The predicted octanol–water partition coefficient (Wildman–Crippen LogP) is 2.72. The van der Waals surface area contributed by atoms with Crippen molar-refractivity contribution in [1.29, 1.82) is 0 Å². The second-order valence-electron chi connectivity index (χ2n) is 4.31. The van der Waals surface area contributed by atoms with Gasteiger partial charge in [-0.1, -0.05) is 6.92 Å². The van der Waals surface area contributed by atoms with E-state index >= 15 is 0 Å². The zero-order valence-electron chi connectivity index (χ0n) is 9.49. The van der Waals surface area contributed by atoms with Gasteiger partial charge in [-0.25, -0.2) is 8.78 Å². The Labute approximate surface area is 98.5 Å². The summed E-state index contributed by atoms with van der Waals surface area (Å²) in [4.78, 5) is 0. The van der Waals surface area contributed by atoms with Crippen LogP contribution < -0.4 is 0 Å². The minimum Gasteiger partial charge on any atom is -0.495 e. The molecule has 17 heavy (non-hydrogen) atoms. The number of hydrogen-bond donors (Lipinski definition) is 1. The summed E-state index contributed by atoms with van der Waals surface area (Å²) < 4.78 is 31.7. The van der Waals surface area contributed by atoms with E-state index in [1.807, 2.05) is 6.92 Å². The first-order valence-electron chi connectivity index (χ1n) is 5.52. The fraction of sp³-hybridized carbons (Fsp3) is 0.385. The van der Waals surface area contributed by atoms with Gasteiger partial charge in [0.1, 0.15) is 17.7 Å². The molecule has 2 atom stereocenters. The van der Waals surface area contributed by atoms with Crippen LogP contribution in [0, 0.1) is 17.6 Å². The van der Waals surface area contributed by atoms with Crippen molar-refractivity contribution in [2.24, 2.45) is 5.92 Å². The molecule has 1 N–H and O–H groups in total. The van der Waals surface area contributed by atoms with E-state index < -0.39 is 11.6 Å². The number of hydrogen-bond acceptors (Lipinski definition) is 2. The van der Waals surface area contributed by atoms with Crippen LogP contribution in [0.1, 0.15) is 18.9 Å². The third-order valence-corrected chi connectivity index (χ3v) is 3.02. The molecule has 0 bridgehead atoms. The molecule has 2 nitrogen and oxygen atoms in total. The third kappa shape index (κ3) is 2.47. The molecule has 1 heterocycles. The Hall–Kier alpha value is -1.42. The van der Waals surface area contributed by atoms with E-state index in [2.05, 4.69) is 0 Å². The standard InChI is InChI=1S/C13H14F2O2/c1-8-4-9(7-17-13(8)6-16)11-3-2-10(14)5-12(11)15/h2-3,5,7-8,13,16H,4,6H2,1H3/t8-,13-/m1/s1. The Kier molecular flexibility index (Phi) is 3.43. The summed E-state index contributed by atoms with van der Waals surface area (Å²) in [6, 6.07) is 3.49. The zero-order valence-corrected chi connectivity index (χ0v) is 9.49. The number of aliphatic hydroxyl groups is 1. The maximum atomic E-state index is 13.6. The highest BCUT2D eigenvalue weighted by molar-refractivity contribution is 5.66. The second-order valence-corrected chi connectivity index (χ2v) is 4.31. The maximum absolute atomic E-state index is 13.6. The van der Waals surface area contributed by atoms with Crippen LogP contribution in [0.5, 0.6) is 0 Å². The lowest BCUT2D eigenvalue weighted by Gasteiger charge is -2.28. The van der Waals surface area contributed by atoms with Crippen LogP contribution in [0.4, 0.5) is 8.78 Å². The molecule has 2 rings (SSSR count). The molecular weight excluding hydrogens is 226 g/mol. The Balaban J connectivity index is 2.26. The average molecular weight is 240 g/mol. The number of rotatable bonds is 2. The Bertz CT molecular complexity index is 443. The summed E-state index contributed by atoms with van der Waals surface area (Å²) in [5.74, 6) is -1.08. The van der Waals surface area contributed by atoms with Crippen molar-refractivity contribution in [3.63, 3.8) is 0 Å². The quantitative estimate of drug-likeness (QED) is 0.861. The summed E-state index contributed by atoms with van der Waals surface area (Å²) in [6.45, 7) is 1.87. The average Bonchev–Trinajstić information content (AvgIpc) is 2.29. The summed E-state index contributed by atoms with van der Waals surface area (Å²) in [7, 11) is 0. The predicted molar refractivity (Wildman–Crippen MR) is 60.1 cm³/mol. The monoisotopic (exact) mass is 240 g/mol. The topological polar surface area (TPSA) is 29.5 Å². The molecule has 0 unspecified atom stereocenters. The lowest BCUT2D eigenvalue weighted by atomic mass is 9.90. The van der Waals surface area contributed by atoms with Gasteiger partial charge in [-0.3, -0.25) is 0 Å². The van der Waals surface area contributed by atoms with Crippen molar-refractivity contribution in [3.8, 4) is 0 Å². The fourth-order valence-corrected chi connectivity index (χ4v) is 1.98. The molecule has 92 valence electrons. The molecule has 0 amide bonds. The molecule has 1 aromatic rings. The molecule has 0 radical (unpaired) electrons. The second kappa shape index (κ2) is 4.84. The van der Waals surface area contributed by atoms with Crippen LogP contribution in [0.2, 0.25) is 0 Å². The molecule has 0 spiro atoms. The van der Waals surface area contributed by atoms with Crippen LogP contribution >= 0.6 is 0 Å². The lowest BCUT2D eigenvalue weighted by molar-refractivity contribution is 0.0318. The van der Waals surface area contributed by atoms with Crippen molar-refractivity contribution in [2.45, 2.75) is 19.4 Å². The lowest BCUT2D eigenvalue weighted by Crippen LogP contribution is -2.27. The van der Waals surface area contributed by atoms with Crippen LogP contribution in [0.15, 0.2) is 24.5 Å². The van der Waals surface area contributed by atoms with E-state index in [1.165, 1.54) is 18.4 Å². The molecule has 0 aromatic heterocycles. The smallest absolute Gasteiger partial charge is 0.133 e. The molecule has 0 saturated carbocycles. The van der Waals surface area contributed by atoms with Gasteiger partial charge in [0.05, 0.1) is 12.9 Å². The zero-order chi connectivity index (χ0) is 12.4. The molecule has 1 aliphatic rings. The van der Waals surface area contributed by atoms with Gasteiger partial charge in [0.15, 0.2) is 0 Å². The van der Waals surface area contributed by atoms with E-state index in [1.54, 1.807) is 0 Å². The SMILES string of the molecule is C[C@@H]1CC(c2ccc(F)cc2F)=CO[C@@H]1CO. The first kappa shape index (κ1) is 12.0. The third-order valence-electron chi connectivity index (χ3n) is 3.02. The highest BCUT2D eigenvalue weighted by Gasteiger charge is 2.24. The van der Waals surface area contributed by atoms with Gasteiger partial charge < -0.3 is 9.84 Å². The van der Waals surface area contributed by atoms with E-state index in [4.69, 9.17) is 9.84 Å². The van der Waals surface area contributed by atoms with Gasteiger partial charge >= 0.3 is 0 Å². The molecule has 4 heteroatoms. The molecule has 1 aliphatic heterocycles. The highest BCUT2D eigenvalue weighted by Crippen LogP contribution is 2.31. The van der Waals surface area contributed by atoms with Crippen molar-refractivity contribution >= 4 is 5.57 Å². The van der Waals surface area contributed by atoms with Gasteiger partial charge in [-0.2, -0.15) is 0 Å². The first-order valence-corrected chi connectivity index (χ1v) is 5.52. The van der Waals surface area contributed by atoms with Gasteiger partial charge in [0.25, 0.3) is 0 Å². The Morgan fingerprint density at radius 1 is 1.41 bits per heavy atom. The van der Waals surface area contributed by atoms with Crippen LogP contribution in [-0.2, 0) is 4.74 Å². The van der Waals surface area contributed by atoms with Gasteiger partial charge in [0.2, 0.25) is 0 Å². The molecular formula is C13H14F2O2. The van der Waals surface area contributed by atoms with Crippen molar-refractivity contribution in [1.82, 2.24) is 0 Å². The summed E-state index contributed by atoms with van der Waals surface area (Å²) >= 11 is 0. The van der Waals surface area contributed by atoms with E-state index in [0.717, 1.165) is 6.07 Å². The van der Waals surface area contributed by atoms with E-state index in [9.17, 15) is 8.78 Å². The van der Waals surface area contributed by atoms with E-state index in [0.29, 0.717) is 17.6 Å². The molecule has 1 aromatic carbocycles. The van der Waals surface area contributed by atoms with Gasteiger partial charge in [-0.15, -0.1) is 0 Å². The summed E-state index contributed by atoms with van der Waals surface area (Å²) in [5.41, 5.74) is 1.05. The summed E-state index contributed by atoms with van der Waals surface area (Å²) in [5, 5.41) is 9.03. The minimum atomic E-state index is -0.593. The van der Waals surface area contributed by atoms with E-state index in [-0.39, 0.29) is 18.6 Å². The number of halogens is 2. The number of ether oxygens (including phenoxy) is 1. The van der Waals surface area contributed by atoms with Gasteiger partial charge in [0, 0.05) is 11.6 Å². The highest BCUT2D eigenvalue weighted by atomic mass is 19.1. The van der Waals surface area contributed by atoms with Crippen LogP contribution in [0.3, 0.4) is 0 Å². The van der Waals surface area contributed by atoms with Crippen molar-refractivity contribution < 1.29 is 18.6 Å². The normalized spacial score (nSPS) is 24.1. The number of allylic oxidation sites excluding steroid dienone is 1. The Morgan fingerprint density at radius 3 is 2.76 bits per heavy atom. The van der Waals surface area contributed by atoms with Crippen molar-refractivity contribution in [3.05, 3.63) is 41.7 Å². The van der Waals surface area contributed by atoms with Gasteiger partial charge in [-0.05, 0) is 30.0 Å².